The second kappa shape index (κ2) is 21.5. The summed E-state index contributed by atoms with van der Waals surface area (Å²) in [4.78, 5) is 0. The van der Waals surface area contributed by atoms with Crippen molar-refractivity contribution in [3.05, 3.63) is 0 Å². The molecule has 4 aliphatic rings. The van der Waals surface area contributed by atoms with Gasteiger partial charge in [-0.1, -0.05) is 151 Å². The van der Waals surface area contributed by atoms with Crippen molar-refractivity contribution in [2.24, 2.45) is 52.3 Å². The van der Waals surface area contributed by atoms with Crippen LogP contribution in [0.4, 0.5) is 0 Å². The van der Waals surface area contributed by atoms with Gasteiger partial charge in [-0.25, -0.2) is 0 Å². The second-order valence-corrected chi connectivity index (χ2v) is 20.4. The monoisotopic (exact) mass is 796 g/mol. The molecule has 4 unspecified atom stereocenters. The molecule has 0 aliphatic heterocycles. The molecule has 0 N–H and O–H groups in total. The number of hydrogen-bond acceptors (Lipinski definition) is 0. The maximum absolute atomic E-state index is 2.81. The van der Waals surface area contributed by atoms with Crippen molar-refractivity contribution in [3.8, 4) is 0 Å². The largest absolute Gasteiger partial charge is 1.00 e. The van der Waals surface area contributed by atoms with E-state index < -0.39 is 0 Å². The van der Waals surface area contributed by atoms with Crippen LogP contribution in [0, 0.1) is 52.3 Å². The van der Waals surface area contributed by atoms with Gasteiger partial charge in [0.05, 0.1) is 26.7 Å². The normalized spacial score (nSPS) is 33.5. The van der Waals surface area contributed by atoms with Gasteiger partial charge in [0.25, 0.3) is 0 Å². The van der Waals surface area contributed by atoms with Crippen LogP contribution in [0.25, 0.3) is 0 Å². The minimum absolute atomic E-state index is 0. The number of unbranched alkanes of at least 4 members (excludes halogenated alkanes) is 15. The fourth-order valence-corrected chi connectivity index (χ4v) is 13.1. The third-order valence-electron chi connectivity index (χ3n) is 16.4. The summed E-state index contributed by atoms with van der Waals surface area (Å²) in [5.74, 6) is 6.91. The zero-order valence-electron chi connectivity index (χ0n) is 35.0. The van der Waals surface area contributed by atoms with Gasteiger partial charge in [-0.05, 0) is 116 Å². The van der Waals surface area contributed by atoms with Crippen LogP contribution in [0.15, 0.2) is 0 Å². The van der Waals surface area contributed by atoms with Gasteiger partial charge >= 0.3 is 0 Å². The summed E-state index contributed by atoms with van der Waals surface area (Å²) in [5, 5.41) is 0. The summed E-state index contributed by atoms with van der Waals surface area (Å²) in [5.41, 5.74) is 1.28. The first-order valence-electron chi connectivity index (χ1n) is 22.9. The van der Waals surface area contributed by atoms with Gasteiger partial charge < -0.3 is 28.5 Å². The summed E-state index contributed by atoms with van der Waals surface area (Å²) in [6.45, 7) is 16.8. The fraction of sp³-hybridized carbons (Fsp3) is 1.00. The Morgan fingerprint density at radius 1 is 0.571 bits per heavy atom. The maximum Gasteiger partial charge on any atom is 0.0889 e. The average molecular weight is 796 g/mol. The predicted molar refractivity (Wildman–Crippen MR) is 213 cm³/mol. The fourth-order valence-electron chi connectivity index (χ4n) is 13.1. The smallest absolute Gasteiger partial charge is 0.0889 e. The lowest BCUT2D eigenvalue weighted by Crippen LogP contribution is -3.00. The molecule has 0 heterocycles. The van der Waals surface area contributed by atoms with E-state index in [-0.39, 0.29) is 24.0 Å². The molecule has 0 saturated heterocycles. The van der Waals surface area contributed by atoms with Crippen molar-refractivity contribution in [2.45, 2.75) is 227 Å². The molecule has 0 aromatic rings. The number of hydrogen-bond donors (Lipinski definition) is 0. The number of halogens is 1. The van der Waals surface area contributed by atoms with Gasteiger partial charge in [0, 0.05) is 6.42 Å². The number of rotatable bonds is 23. The Hall–Kier alpha value is 0.690. The van der Waals surface area contributed by atoms with Gasteiger partial charge in [-0.2, -0.15) is 0 Å². The highest BCUT2D eigenvalue weighted by Crippen LogP contribution is 2.68. The summed E-state index contributed by atoms with van der Waals surface area (Å²) in [6, 6.07) is 0.910. The molecule has 49 heavy (non-hydrogen) atoms. The molecule has 4 fully saturated rings. The zero-order valence-corrected chi connectivity index (χ0v) is 37.1. The molecule has 4 saturated carbocycles. The minimum atomic E-state index is 0. The summed E-state index contributed by atoms with van der Waals surface area (Å²) in [7, 11) is 5.22. The summed E-state index contributed by atoms with van der Waals surface area (Å²) < 4.78 is 1.30. The molecule has 0 aromatic carbocycles. The molecule has 1 nitrogen and oxygen atoms in total. The van der Waals surface area contributed by atoms with E-state index in [0.29, 0.717) is 10.8 Å². The molecule has 0 amide bonds. The van der Waals surface area contributed by atoms with Crippen LogP contribution in [0.5, 0.6) is 0 Å². The first-order chi connectivity index (χ1) is 23.0. The van der Waals surface area contributed by atoms with E-state index in [4.69, 9.17) is 0 Å². The Morgan fingerprint density at radius 2 is 1.10 bits per heavy atom. The first kappa shape index (κ1) is 44.1. The molecule has 0 aromatic heterocycles. The summed E-state index contributed by atoms with van der Waals surface area (Å²) >= 11 is 0. The lowest BCUT2D eigenvalue weighted by molar-refractivity contribution is -0.917. The van der Waals surface area contributed by atoms with E-state index >= 15 is 0 Å². The first-order valence-corrected chi connectivity index (χ1v) is 22.9. The van der Waals surface area contributed by atoms with Gasteiger partial charge in [0.1, 0.15) is 0 Å². The molecule has 0 radical (unpaired) electrons. The standard InChI is InChI=1S/C47H90N.HI/c1-9-10-11-12-13-14-15-16-17-18-19-20-21-22-23-24-36-48(7,8)41-32-34-46(5)40(37-41)28-29-42-44-31-30-43(39(4)27-25-26-38(2)3)47(44,6)35-33-45(42)46;/h38-45H,9-37H2,1-8H3;1H/q+1;/p-1/t39-,40?,41+,42?,43-,44?,45?,46+,47-;/m1./s1. The predicted octanol–water partition coefficient (Wildman–Crippen LogP) is 11.8. The van der Waals surface area contributed by atoms with Crippen LogP contribution >= 0.6 is 0 Å². The van der Waals surface area contributed by atoms with E-state index in [1.165, 1.54) is 152 Å². The minimum Gasteiger partial charge on any atom is -1.00 e. The van der Waals surface area contributed by atoms with Crippen LogP contribution in [0.2, 0.25) is 0 Å². The third kappa shape index (κ3) is 12.1. The number of nitrogens with zero attached hydrogens (tertiary/aromatic N) is 1. The molecule has 9 atom stereocenters. The second-order valence-electron chi connectivity index (χ2n) is 20.4. The van der Waals surface area contributed by atoms with Gasteiger partial charge in [-0.3, -0.25) is 0 Å². The third-order valence-corrected chi connectivity index (χ3v) is 16.4. The van der Waals surface area contributed by atoms with Crippen LogP contribution in [-0.2, 0) is 0 Å². The van der Waals surface area contributed by atoms with Crippen molar-refractivity contribution in [2.75, 3.05) is 20.6 Å². The van der Waals surface area contributed by atoms with E-state index in [2.05, 4.69) is 55.6 Å². The Bertz CT molecular complexity index is 881. The average Bonchev–Trinajstić information content (AvgIpc) is 3.41. The van der Waals surface area contributed by atoms with Crippen molar-refractivity contribution >= 4 is 0 Å². The Kier molecular flexibility index (Phi) is 19.4. The molecule has 0 bridgehead atoms. The van der Waals surface area contributed by atoms with Crippen molar-refractivity contribution in [3.63, 3.8) is 0 Å². The van der Waals surface area contributed by atoms with Crippen LogP contribution in [0.3, 0.4) is 0 Å². The van der Waals surface area contributed by atoms with Crippen molar-refractivity contribution in [1.29, 1.82) is 0 Å². The number of quaternary nitrogens is 1. The Morgan fingerprint density at radius 3 is 1.67 bits per heavy atom. The quantitative estimate of drug-likeness (QED) is 0.0549. The molecule has 290 valence electrons. The summed E-state index contributed by atoms with van der Waals surface area (Å²) in [6.07, 6.45) is 41.8. The van der Waals surface area contributed by atoms with E-state index in [0.717, 1.165) is 47.5 Å². The van der Waals surface area contributed by atoms with Crippen molar-refractivity contribution in [1.82, 2.24) is 0 Å². The van der Waals surface area contributed by atoms with Crippen LogP contribution < -0.4 is 24.0 Å². The van der Waals surface area contributed by atoms with E-state index in [1.807, 2.05) is 0 Å². The van der Waals surface area contributed by atoms with E-state index in [1.54, 1.807) is 38.5 Å². The van der Waals surface area contributed by atoms with Gasteiger partial charge in [-0.15, -0.1) is 0 Å². The Labute approximate surface area is 327 Å². The van der Waals surface area contributed by atoms with Gasteiger partial charge in [0.2, 0.25) is 0 Å². The molecular formula is C47H90IN. The highest BCUT2D eigenvalue weighted by molar-refractivity contribution is 5.09. The van der Waals surface area contributed by atoms with Crippen LogP contribution in [-0.4, -0.2) is 31.2 Å². The molecule has 2 heteroatoms. The topological polar surface area (TPSA) is 0 Å². The van der Waals surface area contributed by atoms with Crippen molar-refractivity contribution < 1.29 is 28.5 Å². The lowest BCUT2D eigenvalue weighted by Gasteiger charge is -2.62. The maximum atomic E-state index is 2.81. The molecule has 4 aliphatic carbocycles. The zero-order chi connectivity index (χ0) is 34.6. The Balaban J connectivity index is 0.00000650. The SMILES string of the molecule is CCCCCCCCCCCCCCCCCC[N+](C)(C)[C@H]1CC[C@@]2(C)C(CCC3C2CC[C@@]2(C)C3CC[C@@H]2[C@H](C)CCCC(C)C)C1.[I-]. The number of fused-ring (bicyclic) bond motifs is 5. The highest BCUT2D eigenvalue weighted by atomic mass is 127. The van der Waals surface area contributed by atoms with Crippen LogP contribution in [0.1, 0.15) is 221 Å². The van der Waals surface area contributed by atoms with Gasteiger partial charge in [0.15, 0.2) is 0 Å². The highest BCUT2D eigenvalue weighted by Gasteiger charge is 2.61. The van der Waals surface area contributed by atoms with E-state index in [9.17, 15) is 0 Å². The molecular weight excluding hydrogens is 705 g/mol. The molecule has 0 spiro atoms. The lowest BCUT2D eigenvalue weighted by atomic mass is 9.44. The molecule has 4 rings (SSSR count).